The van der Waals surface area contributed by atoms with Crippen LogP contribution in [0.5, 0.6) is 0 Å². The lowest BCUT2D eigenvalue weighted by Gasteiger charge is -2.17. The third kappa shape index (κ3) is 4.15. The van der Waals surface area contributed by atoms with Crippen LogP contribution in [0, 0.1) is 13.8 Å². The maximum absolute atomic E-state index is 13.2. The van der Waals surface area contributed by atoms with Gasteiger partial charge in [0, 0.05) is 41.9 Å². The van der Waals surface area contributed by atoms with Gasteiger partial charge in [-0.25, -0.2) is 0 Å². The smallest absolute Gasteiger partial charge is 0.270 e. The molecule has 1 amide bonds. The van der Waals surface area contributed by atoms with Crippen LogP contribution in [-0.2, 0) is 4.79 Å². The number of aryl methyl sites for hydroxylation is 1. The van der Waals surface area contributed by atoms with Crippen molar-refractivity contribution in [2.75, 3.05) is 23.9 Å². The molecule has 1 saturated heterocycles. The highest BCUT2D eigenvalue weighted by molar-refractivity contribution is 8.27. The Morgan fingerprint density at radius 2 is 1.61 bits per heavy atom. The zero-order valence-corrected chi connectivity index (χ0v) is 20.1. The number of rotatable bonds is 4. The molecule has 4 rings (SSSR count). The molecule has 1 fully saturated rings. The first-order chi connectivity index (χ1) is 14.8. The Bertz CT molecular complexity index is 1190. The predicted molar refractivity (Wildman–Crippen MR) is 137 cm³/mol. The SMILES string of the molecule is Cc1cc(/C=C2/SC(=S)N(c3ccc(N(C)C)cc3)C2=O)c(C)n1-c1ccc(Cl)cc1. The summed E-state index contributed by atoms with van der Waals surface area (Å²) in [7, 11) is 3.97. The Kier molecular flexibility index (Phi) is 5.97. The standard InChI is InChI=1S/C24H22ClN3OS2/c1-15-13-17(16(2)27(15)20-7-5-18(25)6-8-20)14-22-23(29)28(24(30)31-22)21-11-9-19(10-12-21)26(3)4/h5-14H,1-4H3/b22-14+. The van der Waals surface area contributed by atoms with Crippen LogP contribution in [0.15, 0.2) is 59.5 Å². The molecule has 0 N–H and O–H groups in total. The third-order valence-electron chi connectivity index (χ3n) is 5.26. The minimum atomic E-state index is -0.0936. The van der Waals surface area contributed by atoms with Gasteiger partial charge in [0.05, 0.1) is 10.6 Å². The molecule has 3 aromatic rings. The lowest BCUT2D eigenvalue weighted by molar-refractivity contribution is -0.113. The van der Waals surface area contributed by atoms with E-state index in [0.717, 1.165) is 34.0 Å². The molecule has 2 heterocycles. The van der Waals surface area contributed by atoms with Gasteiger partial charge in [0.15, 0.2) is 4.32 Å². The van der Waals surface area contributed by atoms with E-state index in [0.29, 0.717) is 14.2 Å². The second-order valence-corrected chi connectivity index (χ2v) is 9.68. The van der Waals surface area contributed by atoms with Crippen molar-refractivity contribution in [1.29, 1.82) is 0 Å². The van der Waals surface area contributed by atoms with E-state index in [1.165, 1.54) is 11.8 Å². The molecule has 0 atom stereocenters. The van der Waals surface area contributed by atoms with E-state index in [1.807, 2.05) is 80.5 Å². The molecule has 0 aliphatic carbocycles. The van der Waals surface area contributed by atoms with Crippen molar-refractivity contribution in [2.45, 2.75) is 13.8 Å². The first kappa shape index (κ1) is 21.7. The number of aromatic nitrogens is 1. The Hall–Kier alpha value is -2.54. The molecular weight excluding hydrogens is 446 g/mol. The van der Waals surface area contributed by atoms with E-state index in [4.69, 9.17) is 23.8 Å². The highest BCUT2D eigenvalue weighted by Crippen LogP contribution is 2.37. The van der Waals surface area contributed by atoms with Crippen LogP contribution in [0.3, 0.4) is 0 Å². The molecule has 0 radical (unpaired) electrons. The first-order valence-electron chi connectivity index (χ1n) is 9.76. The Labute approximate surface area is 197 Å². The van der Waals surface area contributed by atoms with Crippen molar-refractivity contribution in [3.63, 3.8) is 0 Å². The minimum Gasteiger partial charge on any atom is -0.378 e. The summed E-state index contributed by atoms with van der Waals surface area (Å²) in [5, 5.41) is 0.703. The van der Waals surface area contributed by atoms with Gasteiger partial charge < -0.3 is 9.47 Å². The van der Waals surface area contributed by atoms with E-state index in [9.17, 15) is 4.79 Å². The van der Waals surface area contributed by atoms with Gasteiger partial charge in [-0.05, 0) is 80.1 Å². The van der Waals surface area contributed by atoms with E-state index < -0.39 is 0 Å². The molecule has 1 aliphatic heterocycles. The average molecular weight is 468 g/mol. The number of anilines is 2. The fourth-order valence-electron chi connectivity index (χ4n) is 3.65. The molecule has 0 bridgehead atoms. The molecule has 31 heavy (non-hydrogen) atoms. The summed E-state index contributed by atoms with van der Waals surface area (Å²) in [5.74, 6) is -0.0936. The van der Waals surface area contributed by atoms with Gasteiger partial charge in [-0.3, -0.25) is 9.69 Å². The van der Waals surface area contributed by atoms with Gasteiger partial charge >= 0.3 is 0 Å². The van der Waals surface area contributed by atoms with Gasteiger partial charge in [-0.1, -0.05) is 35.6 Å². The number of hydrogen-bond donors (Lipinski definition) is 0. The zero-order chi connectivity index (χ0) is 22.3. The number of thioether (sulfide) groups is 1. The second-order valence-electron chi connectivity index (χ2n) is 7.57. The van der Waals surface area contributed by atoms with Crippen LogP contribution in [0.25, 0.3) is 11.8 Å². The molecule has 158 valence electrons. The van der Waals surface area contributed by atoms with Crippen molar-refractivity contribution >= 4 is 63.3 Å². The summed E-state index contributed by atoms with van der Waals surface area (Å²) >= 11 is 12.9. The zero-order valence-electron chi connectivity index (χ0n) is 17.7. The maximum atomic E-state index is 13.2. The molecule has 2 aromatic carbocycles. The van der Waals surface area contributed by atoms with Crippen molar-refractivity contribution in [1.82, 2.24) is 4.57 Å². The summed E-state index contributed by atoms with van der Waals surface area (Å²) < 4.78 is 2.70. The van der Waals surface area contributed by atoms with Gasteiger partial charge in [0.1, 0.15) is 0 Å². The number of nitrogens with zero attached hydrogens (tertiary/aromatic N) is 3. The first-order valence-corrected chi connectivity index (χ1v) is 11.4. The van der Waals surface area contributed by atoms with Crippen molar-refractivity contribution in [2.24, 2.45) is 0 Å². The van der Waals surface area contributed by atoms with E-state index in [1.54, 1.807) is 4.90 Å². The van der Waals surface area contributed by atoms with Gasteiger partial charge in [-0.2, -0.15) is 0 Å². The van der Waals surface area contributed by atoms with E-state index in [2.05, 4.69) is 17.6 Å². The number of amides is 1. The van der Waals surface area contributed by atoms with Gasteiger partial charge in [0.2, 0.25) is 0 Å². The number of thiocarbonyl (C=S) groups is 1. The lowest BCUT2D eigenvalue weighted by Crippen LogP contribution is -2.27. The Morgan fingerprint density at radius 3 is 2.23 bits per heavy atom. The molecule has 0 spiro atoms. The largest absolute Gasteiger partial charge is 0.378 e. The third-order valence-corrected chi connectivity index (χ3v) is 6.81. The van der Waals surface area contributed by atoms with Crippen LogP contribution in [0.2, 0.25) is 5.02 Å². The molecule has 1 aliphatic rings. The van der Waals surface area contributed by atoms with Gasteiger partial charge in [0.25, 0.3) is 5.91 Å². The van der Waals surface area contributed by atoms with Crippen LogP contribution in [0.1, 0.15) is 17.0 Å². The molecule has 1 aromatic heterocycles. The fraction of sp³-hybridized carbons (Fsp3) is 0.167. The highest BCUT2D eigenvalue weighted by Gasteiger charge is 2.33. The minimum absolute atomic E-state index is 0.0936. The van der Waals surface area contributed by atoms with Crippen LogP contribution < -0.4 is 9.80 Å². The number of halogens is 1. The number of benzene rings is 2. The Morgan fingerprint density at radius 1 is 1.00 bits per heavy atom. The molecule has 7 heteroatoms. The average Bonchev–Trinajstić information content (AvgIpc) is 3.17. The summed E-state index contributed by atoms with van der Waals surface area (Å²) in [6.45, 7) is 4.10. The van der Waals surface area contributed by atoms with Crippen molar-refractivity contribution < 1.29 is 4.79 Å². The summed E-state index contributed by atoms with van der Waals surface area (Å²) in [6.07, 6.45) is 1.93. The Balaban J connectivity index is 1.65. The summed E-state index contributed by atoms with van der Waals surface area (Å²) in [4.78, 5) is 17.4. The summed E-state index contributed by atoms with van der Waals surface area (Å²) in [5.41, 5.74) is 6.02. The van der Waals surface area contributed by atoms with E-state index >= 15 is 0 Å². The number of hydrogen-bond acceptors (Lipinski definition) is 4. The van der Waals surface area contributed by atoms with Crippen molar-refractivity contribution in [3.05, 3.63) is 81.5 Å². The molecule has 0 unspecified atom stereocenters. The molecule has 4 nitrogen and oxygen atoms in total. The highest BCUT2D eigenvalue weighted by atomic mass is 35.5. The fourth-order valence-corrected chi connectivity index (χ4v) is 5.07. The molecular formula is C24H22ClN3OS2. The monoisotopic (exact) mass is 467 g/mol. The lowest BCUT2D eigenvalue weighted by atomic mass is 10.2. The summed E-state index contributed by atoms with van der Waals surface area (Å²) in [6, 6.07) is 17.6. The quantitative estimate of drug-likeness (QED) is 0.336. The maximum Gasteiger partial charge on any atom is 0.270 e. The van der Waals surface area contributed by atoms with Crippen LogP contribution in [0.4, 0.5) is 11.4 Å². The second kappa shape index (κ2) is 8.54. The van der Waals surface area contributed by atoms with Crippen LogP contribution in [-0.4, -0.2) is 28.9 Å². The van der Waals surface area contributed by atoms with Crippen LogP contribution >= 0.6 is 35.6 Å². The topological polar surface area (TPSA) is 28.5 Å². The number of carbonyl (C=O) groups excluding carboxylic acids is 1. The molecule has 0 saturated carbocycles. The van der Waals surface area contributed by atoms with Gasteiger partial charge in [-0.15, -0.1) is 0 Å². The number of carbonyl (C=O) groups is 1. The normalized spacial score (nSPS) is 15.3. The predicted octanol–water partition coefficient (Wildman–Crippen LogP) is 6.22. The van der Waals surface area contributed by atoms with E-state index in [-0.39, 0.29) is 5.91 Å². The van der Waals surface area contributed by atoms with Crippen molar-refractivity contribution in [3.8, 4) is 5.69 Å².